The summed E-state index contributed by atoms with van der Waals surface area (Å²) in [4.78, 5) is 28.2. The Morgan fingerprint density at radius 2 is 1.67 bits per heavy atom. The van der Waals surface area contributed by atoms with Gasteiger partial charge in [-0.05, 0) is 64.2 Å². The van der Waals surface area contributed by atoms with Crippen molar-refractivity contribution in [1.82, 2.24) is 15.8 Å². The van der Waals surface area contributed by atoms with E-state index in [9.17, 15) is 9.59 Å². The van der Waals surface area contributed by atoms with Crippen LogP contribution in [0.3, 0.4) is 0 Å². The first kappa shape index (κ1) is 20.5. The molecule has 7 nitrogen and oxygen atoms in total. The van der Waals surface area contributed by atoms with Crippen molar-refractivity contribution in [2.45, 2.75) is 27.3 Å². The summed E-state index contributed by atoms with van der Waals surface area (Å²) in [6, 6.07) is 11.1. The van der Waals surface area contributed by atoms with E-state index in [4.69, 9.17) is 4.42 Å². The molecule has 1 aromatic carbocycles. The fraction of sp³-hybridized carbons (Fsp3) is 0.400. The summed E-state index contributed by atoms with van der Waals surface area (Å²) in [5, 5.41) is 0. The lowest BCUT2D eigenvalue weighted by molar-refractivity contribution is -0.122. The van der Waals surface area contributed by atoms with Gasteiger partial charge in [-0.1, -0.05) is 0 Å². The van der Waals surface area contributed by atoms with Gasteiger partial charge in [0.2, 0.25) is 0 Å². The van der Waals surface area contributed by atoms with Crippen LogP contribution in [0.5, 0.6) is 0 Å². The van der Waals surface area contributed by atoms with Crippen LogP contribution in [0, 0.1) is 6.92 Å². The van der Waals surface area contributed by atoms with Crippen LogP contribution < -0.4 is 15.8 Å². The highest BCUT2D eigenvalue weighted by Gasteiger charge is 2.11. The average molecular weight is 372 g/mol. The Labute approximate surface area is 160 Å². The fourth-order valence-corrected chi connectivity index (χ4v) is 2.79. The molecule has 0 aliphatic rings. The van der Waals surface area contributed by atoms with Crippen molar-refractivity contribution in [3.05, 3.63) is 53.5 Å². The van der Waals surface area contributed by atoms with Crippen LogP contribution in [-0.4, -0.2) is 43.4 Å². The van der Waals surface area contributed by atoms with Crippen LogP contribution in [0.15, 0.2) is 40.8 Å². The second kappa shape index (κ2) is 9.78. The molecular weight excluding hydrogens is 344 g/mol. The van der Waals surface area contributed by atoms with Crippen LogP contribution in [0.1, 0.15) is 35.7 Å². The number of rotatable bonds is 8. The van der Waals surface area contributed by atoms with E-state index in [1.807, 2.05) is 38.2 Å². The number of likely N-dealkylation sites (N-methyl/N-ethyl adjacent to an activating group) is 1. The molecule has 1 heterocycles. The Morgan fingerprint density at radius 3 is 2.22 bits per heavy atom. The van der Waals surface area contributed by atoms with Gasteiger partial charge in [0.1, 0.15) is 11.5 Å². The molecule has 146 valence electrons. The topological polar surface area (TPSA) is 77.8 Å². The predicted octanol–water partition coefficient (Wildman–Crippen LogP) is 2.33. The number of furan rings is 1. The summed E-state index contributed by atoms with van der Waals surface area (Å²) in [6.07, 6.45) is 0. The van der Waals surface area contributed by atoms with E-state index in [-0.39, 0.29) is 18.4 Å². The minimum atomic E-state index is -0.348. The third-order valence-electron chi connectivity index (χ3n) is 4.21. The van der Waals surface area contributed by atoms with Crippen LogP contribution in [0.25, 0.3) is 0 Å². The van der Waals surface area contributed by atoms with E-state index in [1.54, 1.807) is 17.0 Å². The molecule has 0 aliphatic heterocycles. The second-order valence-corrected chi connectivity index (χ2v) is 6.41. The van der Waals surface area contributed by atoms with Crippen molar-refractivity contribution in [3.63, 3.8) is 0 Å². The molecule has 2 rings (SSSR count). The molecule has 0 unspecified atom stereocenters. The summed E-state index contributed by atoms with van der Waals surface area (Å²) >= 11 is 0. The molecule has 0 saturated carbocycles. The van der Waals surface area contributed by atoms with E-state index in [2.05, 4.69) is 29.6 Å². The molecule has 0 spiro atoms. The molecule has 0 saturated heterocycles. The number of anilines is 1. The van der Waals surface area contributed by atoms with E-state index in [0.29, 0.717) is 12.1 Å². The van der Waals surface area contributed by atoms with E-state index >= 15 is 0 Å². The number of carbonyl (C=O) groups is 2. The maximum absolute atomic E-state index is 12.2. The highest BCUT2D eigenvalue weighted by Crippen LogP contribution is 2.14. The van der Waals surface area contributed by atoms with Crippen LogP contribution in [0.2, 0.25) is 0 Å². The number of hydrogen-bond donors (Lipinski definition) is 2. The standard InChI is InChI=1S/C20H28N4O3/c1-5-24(6-2)17-10-8-16(9-11-17)20(26)22-21-19(25)14-23(4)13-18-12-7-15(3)27-18/h7-12H,5-6,13-14H2,1-4H3,(H,21,25)(H,22,26). The zero-order chi connectivity index (χ0) is 19.8. The SMILES string of the molecule is CCN(CC)c1ccc(C(=O)NNC(=O)CN(C)Cc2ccc(C)o2)cc1. The van der Waals surface area contributed by atoms with Gasteiger partial charge in [-0.15, -0.1) is 0 Å². The van der Waals surface area contributed by atoms with E-state index in [1.165, 1.54) is 0 Å². The number of nitrogens with zero attached hydrogens (tertiary/aromatic N) is 2. The Bertz CT molecular complexity index is 751. The smallest absolute Gasteiger partial charge is 0.269 e. The predicted molar refractivity (Wildman–Crippen MR) is 105 cm³/mol. The van der Waals surface area contributed by atoms with Gasteiger partial charge in [0, 0.05) is 24.3 Å². The maximum atomic E-state index is 12.2. The first-order valence-corrected chi connectivity index (χ1v) is 9.11. The Balaban J connectivity index is 1.79. The highest BCUT2D eigenvalue weighted by molar-refractivity contribution is 5.95. The molecule has 2 N–H and O–H groups in total. The molecule has 27 heavy (non-hydrogen) atoms. The third kappa shape index (κ3) is 6.14. The summed E-state index contributed by atoms with van der Waals surface area (Å²) in [5.41, 5.74) is 6.44. The van der Waals surface area contributed by atoms with Crippen molar-refractivity contribution < 1.29 is 14.0 Å². The summed E-state index contributed by atoms with van der Waals surface area (Å²) in [5.74, 6) is 0.981. The van der Waals surface area contributed by atoms with Gasteiger partial charge < -0.3 is 9.32 Å². The highest BCUT2D eigenvalue weighted by atomic mass is 16.3. The molecule has 0 radical (unpaired) electrons. The van der Waals surface area contributed by atoms with Crippen molar-refractivity contribution >= 4 is 17.5 Å². The van der Waals surface area contributed by atoms with E-state index in [0.717, 1.165) is 30.3 Å². The maximum Gasteiger partial charge on any atom is 0.269 e. The minimum Gasteiger partial charge on any atom is -0.465 e. The normalized spacial score (nSPS) is 10.7. The number of carbonyl (C=O) groups excluding carboxylic acids is 2. The summed E-state index contributed by atoms with van der Waals surface area (Å²) in [6.45, 7) is 8.52. The van der Waals surface area contributed by atoms with E-state index < -0.39 is 0 Å². The molecule has 1 aromatic heterocycles. The largest absolute Gasteiger partial charge is 0.465 e. The molecule has 2 aromatic rings. The zero-order valence-electron chi connectivity index (χ0n) is 16.4. The van der Waals surface area contributed by atoms with Gasteiger partial charge in [-0.3, -0.25) is 25.3 Å². The molecule has 0 bridgehead atoms. The lowest BCUT2D eigenvalue weighted by atomic mass is 10.2. The molecule has 7 heteroatoms. The van der Waals surface area contributed by atoms with Crippen molar-refractivity contribution in [2.24, 2.45) is 0 Å². The third-order valence-corrected chi connectivity index (χ3v) is 4.21. The van der Waals surface area contributed by atoms with Gasteiger partial charge >= 0.3 is 0 Å². The van der Waals surface area contributed by atoms with Crippen LogP contribution in [0.4, 0.5) is 5.69 Å². The van der Waals surface area contributed by atoms with Crippen molar-refractivity contribution in [1.29, 1.82) is 0 Å². The fourth-order valence-electron chi connectivity index (χ4n) is 2.79. The first-order valence-electron chi connectivity index (χ1n) is 9.11. The Hall–Kier alpha value is -2.80. The number of amides is 2. The van der Waals surface area contributed by atoms with Crippen molar-refractivity contribution in [3.8, 4) is 0 Å². The number of hydrogen-bond acceptors (Lipinski definition) is 5. The molecule has 0 atom stereocenters. The van der Waals surface area contributed by atoms with Gasteiger partial charge in [-0.25, -0.2) is 0 Å². The number of hydrazine groups is 1. The van der Waals surface area contributed by atoms with Gasteiger partial charge in [0.05, 0.1) is 13.1 Å². The second-order valence-electron chi connectivity index (χ2n) is 6.41. The zero-order valence-corrected chi connectivity index (χ0v) is 16.4. The summed E-state index contributed by atoms with van der Waals surface area (Å²) < 4.78 is 5.49. The number of nitrogens with one attached hydrogen (secondary N) is 2. The lowest BCUT2D eigenvalue weighted by Crippen LogP contribution is -2.45. The summed E-state index contributed by atoms with van der Waals surface area (Å²) in [7, 11) is 1.81. The Kier molecular flexibility index (Phi) is 7.43. The quantitative estimate of drug-likeness (QED) is 0.696. The van der Waals surface area contributed by atoms with Gasteiger partial charge in [0.15, 0.2) is 0 Å². The monoisotopic (exact) mass is 372 g/mol. The average Bonchev–Trinajstić information content (AvgIpc) is 3.05. The minimum absolute atomic E-state index is 0.140. The molecule has 0 aliphatic carbocycles. The molecule has 2 amide bonds. The first-order chi connectivity index (χ1) is 12.9. The molecular formula is C20H28N4O3. The van der Waals surface area contributed by atoms with Gasteiger partial charge in [0.25, 0.3) is 11.8 Å². The Morgan fingerprint density at radius 1 is 1.00 bits per heavy atom. The molecule has 0 fully saturated rings. The number of benzene rings is 1. The van der Waals surface area contributed by atoms with Gasteiger partial charge in [-0.2, -0.15) is 0 Å². The number of aryl methyl sites for hydroxylation is 1. The van der Waals surface area contributed by atoms with Crippen molar-refractivity contribution in [2.75, 3.05) is 31.6 Å². The van der Waals surface area contributed by atoms with Crippen LogP contribution in [-0.2, 0) is 11.3 Å². The van der Waals surface area contributed by atoms with Crippen LogP contribution >= 0.6 is 0 Å². The lowest BCUT2D eigenvalue weighted by Gasteiger charge is -2.21.